The third kappa shape index (κ3) is 3.18. The van der Waals surface area contributed by atoms with Gasteiger partial charge in [-0.05, 0) is 48.8 Å². The van der Waals surface area contributed by atoms with Crippen LogP contribution in [0.2, 0.25) is 0 Å². The van der Waals surface area contributed by atoms with E-state index in [0.29, 0.717) is 17.9 Å². The first-order chi connectivity index (χ1) is 11.4. The lowest BCUT2D eigenvalue weighted by Crippen LogP contribution is -2.26. The number of aromatic nitrogens is 2. The molecule has 3 aromatic rings. The van der Waals surface area contributed by atoms with Crippen LogP contribution in [-0.2, 0) is 6.54 Å². The summed E-state index contributed by atoms with van der Waals surface area (Å²) in [6.07, 6.45) is 0. The van der Waals surface area contributed by atoms with Gasteiger partial charge in [0.15, 0.2) is 5.82 Å². The Labute approximate surface area is 153 Å². The molecule has 3 rings (SSSR count). The van der Waals surface area contributed by atoms with E-state index in [0.717, 1.165) is 26.5 Å². The smallest absolute Gasteiger partial charge is 0.255 e. The third-order valence-corrected chi connectivity index (χ3v) is 5.55. The van der Waals surface area contributed by atoms with Gasteiger partial charge in [0.05, 0.1) is 12.1 Å². The Morgan fingerprint density at radius 1 is 1.33 bits per heavy atom. The number of carbonyl (C=O) groups excluding carboxylic acids is 1. The van der Waals surface area contributed by atoms with E-state index in [1.807, 2.05) is 56.0 Å². The maximum Gasteiger partial charge on any atom is 0.255 e. The van der Waals surface area contributed by atoms with Crippen molar-refractivity contribution in [3.8, 4) is 5.82 Å². The predicted octanol–water partition coefficient (Wildman–Crippen LogP) is 4.49. The molecule has 0 N–H and O–H groups in total. The minimum atomic E-state index is -0.000843. The van der Waals surface area contributed by atoms with Gasteiger partial charge in [-0.1, -0.05) is 5.16 Å². The molecule has 0 bridgehead atoms. The second-order valence-corrected chi connectivity index (χ2v) is 7.72. The van der Waals surface area contributed by atoms with Gasteiger partial charge in [-0.15, -0.1) is 11.3 Å². The highest BCUT2D eigenvalue weighted by Crippen LogP contribution is 2.24. The molecule has 24 heavy (non-hydrogen) atoms. The minimum absolute atomic E-state index is 0.000843. The second-order valence-electron chi connectivity index (χ2n) is 5.81. The van der Waals surface area contributed by atoms with Crippen LogP contribution in [0.5, 0.6) is 0 Å². The monoisotopic (exact) mass is 407 g/mol. The van der Waals surface area contributed by atoms with Crippen molar-refractivity contribution >= 4 is 33.2 Å². The SMILES string of the molecule is Cc1cc(-n2c(C)cc(C(=O)N(C)Cc3cc(Br)cs3)c2C)no1. The molecule has 0 aliphatic carbocycles. The zero-order chi connectivity index (χ0) is 17.4. The molecule has 0 spiro atoms. The Balaban J connectivity index is 1.87. The van der Waals surface area contributed by atoms with Gasteiger partial charge >= 0.3 is 0 Å². The van der Waals surface area contributed by atoms with Gasteiger partial charge in [0, 0.05) is 39.2 Å². The number of nitrogens with zero attached hydrogens (tertiary/aromatic N) is 3. The summed E-state index contributed by atoms with van der Waals surface area (Å²) in [5.41, 5.74) is 2.51. The Bertz CT molecular complexity index is 894. The van der Waals surface area contributed by atoms with Crippen LogP contribution in [0.4, 0.5) is 0 Å². The van der Waals surface area contributed by atoms with E-state index in [-0.39, 0.29) is 5.91 Å². The Morgan fingerprint density at radius 2 is 2.08 bits per heavy atom. The number of halogens is 1. The van der Waals surface area contributed by atoms with Crippen LogP contribution >= 0.6 is 27.3 Å². The molecule has 0 radical (unpaired) electrons. The number of amides is 1. The molecule has 0 unspecified atom stereocenters. The van der Waals surface area contributed by atoms with Crippen LogP contribution in [0.1, 0.15) is 32.4 Å². The van der Waals surface area contributed by atoms with Gasteiger partial charge in [-0.25, -0.2) is 0 Å². The first-order valence-electron chi connectivity index (χ1n) is 7.48. The third-order valence-electron chi connectivity index (χ3n) is 3.87. The summed E-state index contributed by atoms with van der Waals surface area (Å²) in [6, 6.07) is 5.81. The molecule has 3 aromatic heterocycles. The molecule has 7 heteroatoms. The fourth-order valence-electron chi connectivity index (χ4n) is 2.74. The van der Waals surface area contributed by atoms with Gasteiger partial charge in [-0.3, -0.25) is 9.36 Å². The van der Waals surface area contributed by atoms with Crippen LogP contribution in [0, 0.1) is 20.8 Å². The molecular weight excluding hydrogens is 390 g/mol. The molecule has 5 nitrogen and oxygen atoms in total. The number of carbonyl (C=O) groups is 1. The molecule has 0 atom stereocenters. The molecule has 0 saturated carbocycles. The largest absolute Gasteiger partial charge is 0.360 e. The summed E-state index contributed by atoms with van der Waals surface area (Å²) >= 11 is 5.08. The van der Waals surface area contributed by atoms with Gasteiger partial charge < -0.3 is 9.42 Å². The van der Waals surface area contributed by atoms with Crippen molar-refractivity contribution in [1.29, 1.82) is 0 Å². The first-order valence-corrected chi connectivity index (χ1v) is 9.15. The molecule has 1 amide bonds. The summed E-state index contributed by atoms with van der Waals surface area (Å²) in [5.74, 6) is 1.44. The normalized spacial score (nSPS) is 11.0. The molecule has 0 aliphatic heterocycles. The van der Waals surface area contributed by atoms with Crippen molar-refractivity contribution in [3.63, 3.8) is 0 Å². The molecule has 126 valence electrons. The standard InChI is InChI=1S/C17H18BrN3O2S/c1-10-5-15(12(3)21(10)16-6-11(2)23-19-16)17(22)20(4)8-14-7-13(18)9-24-14/h5-7,9H,8H2,1-4H3. The molecular formula is C17H18BrN3O2S. The van der Waals surface area contributed by atoms with Crippen molar-refractivity contribution in [2.24, 2.45) is 0 Å². The van der Waals surface area contributed by atoms with Crippen molar-refractivity contribution < 1.29 is 9.32 Å². The van der Waals surface area contributed by atoms with Gasteiger partial charge in [0.1, 0.15) is 5.76 Å². The highest BCUT2D eigenvalue weighted by molar-refractivity contribution is 9.10. The van der Waals surface area contributed by atoms with Crippen LogP contribution < -0.4 is 0 Å². The minimum Gasteiger partial charge on any atom is -0.360 e. The van der Waals surface area contributed by atoms with Crippen molar-refractivity contribution in [2.45, 2.75) is 27.3 Å². The summed E-state index contributed by atoms with van der Waals surface area (Å²) in [5, 5.41) is 6.08. The Kier molecular flexibility index (Phi) is 4.64. The Morgan fingerprint density at radius 3 is 2.67 bits per heavy atom. The summed E-state index contributed by atoms with van der Waals surface area (Å²) < 4.78 is 8.15. The zero-order valence-electron chi connectivity index (χ0n) is 14.0. The van der Waals surface area contributed by atoms with Crippen LogP contribution in [0.25, 0.3) is 5.82 Å². The number of hydrogen-bond acceptors (Lipinski definition) is 4. The predicted molar refractivity (Wildman–Crippen MR) is 97.9 cm³/mol. The van der Waals surface area contributed by atoms with E-state index >= 15 is 0 Å². The fraction of sp³-hybridized carbons (Fsp3) is 0.294. The average molecular weight is 408 g/mol. The van der Waals surface area contributed by atoms with E-state index in [1.165, 1.54) is 0 Å². The van der Waals surface area contributed by atoms with E-state index in [1.54, 1.807) is 16.2 Å². The van der Waals surface area contributed by atoms with Crippen molar-refractivity contribution in [3.05, 3.63) is 55.6 Å². The number of thiophene rings is 1. The van der Waals surface area contributed by atoms with Crippen molar-refractivity contribution in [2.75, 3.05) is 7.05 Å². The first kappa shape index (κ1) is 17.0. The van der Waals surface area contributed by atoms with E-state index < -0.39 is 0 Å². The number of hydrogen-bond donors (Lipinski definition) is 0. The van der Waals surface area contributed by atoms with Gasteiger partial charge in [0.2, 0.25) is 0 Å². The molecule has 0 fully saturated rings. The van der Waals surface area contributed by atoms with Crippen LogP contribution in [-0.4, -0.2) is 27.6 Å². The van der Waals surface area contributed by atoms with Crippen molar-refractivity contribution in [1.82, 2.24) is 14.6 Å². The summed E-state index contributed by atoms with van der Waals surface area (Å²) in [7, 11) is 1.82. The molecule has 0 aromatic carbocycles. The lowest BCUT2D eigenvalue weighted by molar-refractivity contribution is 0.0785. The highest BCUT2D eigenvalue weighted by Gasteiger charge is 2.21. The maximum atomic E-state index is 12.8. The Hall–Kier alpha value is -1.86. The van der Waals surface area contributed by atoms with E-state index in [2.05, 4.69) is 21.1 Å². The van der Waals surface area contributed by atoms with E-state index in [9.17, 15) is 4.79 Å². The van der Waals surface area contributed by atoms with E-state index in [4.69, 9.17) is 4.52 Å². The van der Waals surface area contributed by atoms with Crippen LogP contribution in [0.15, 0.2) is 32.6 Å². The quantitative estimate of drug-likeness (QED) is 0.640. The molecule has 0 saturated heterocycles. The maximum absolute atomic E-state index is 12.8. The van der Waals surface area contributed by atoms with Crippen LogP contribution in [0.3, 0.4) is 0 Å². The topological polar surface area (TPSA) is 51.3 Å². The average Bonchev–Trinajstić information content (AvgIpc) is 3.19. The lowest BCUT2D eigenvalue weighted by Gasteiger charge is -2.16. The zero-order valence-corrected chi connectivity index (χ0v) is 16.4. The highest BCUT2D eigenvalue weighted by atomic mass is 79.9. The summed E-state index contributed by atoms with van der Waals surface area (Å²) in [6.45, 7) is 6.33. The molecule has 0 aliphatic rings. The van der Waals surface area contributed by atoms with Gasteiger partial charge in [0.25, 0.3) is 5.91 Å². The lowest BCUT2D eigenvalue weighted by atomic mass is 10.2. The fourth-order valence-corrected chi connectivity index (χ4v) is 4.24. The number of aryl methyl sites for hydroxylation is 2. The molecule has 3 heterocycles. The number of rotatable bonds is 4. The van der Waals surface area contributed by atoms with Gasteiger partial charge in [-0.2, -0.15) is 0 Å². The second kappa shape index (κ2) is 6.57. The summed E-state index contributed by atoms with van der Waals surface area (Å²) in [4.78, 5) is 15.7.